The van der Waals surface area contributed by atoms with Crippen LogP contribution in [0.15, 0.2) is 53.1 Å². The van der Waals surface area contributed by atoms with Crippen molar-refractivity contribution in [1.82, 2.24) is 9.62 Å². The summed E-state index contributed by atoms with van der Waals surface area (Å²) >= 11 is 0. The summed E-state index contributed by atoms with van der Waals surface area (Å²) in [4.78, 5) is 11.9. The Morgan fingerprint density at radius 1 is 1.18 bits per heavy atom. The van der Waals surface area contributed by atoms with E-state index < -0.39 is 10.0 Å². The molecule has 0 atom stereocenters. The molecular weight excluding hydrogens is 304 g/mol. The number of rotatable bonds is 7. The highest BCUT2D eigenvalue weighted by molar-refractivity contribution is 7.88. The van der Waals surface area contributed by atoms with Crippen molar-refractivity contribution in [3.8, 4) is 0 Å². The van der Waals surface area contributed by atoms with Crippen LogP contribution in [0.5, 0.6) is 0 Å². The molecule has 0 unspecified atom stereocenters. The second-order valence-electron chi connectivity index (χ2n) is 4.87. The van der Waals surface area contributed by atoms with Crippen LogP contribution < -0.4 is 5.32 Å². The van der Waals surface area contributed by atoms with E-state index in [1.165, 1.54) is 6.26 Å². The van der Waals surface area contributed by atoms with Crippen LogP contribution in [0.2, 0.25) is 0 Å². The first-order valence-corrected chi connectivity index (χ1v) is 8.58. The fourth-order valence-electron chi connectivity index (χ4n) is 1.89. The Labute approximate surface area is 129 Å². The zero-order chi connectivity index (χ0) is 16.0. The summed E-state index contributed by atoms with van der Waals surface area (Å²) in [7, 11) is -3.48. The Balaban J connectivity index is 1.96. The molecule has 118 valence electrons. The largest absolute Gasteiger partial charge is 0.467 e. The number of carbonyl (C=O) groups is 1. The van der Waals surface area contributed by atoms with Crippen molar-refractivity contribution in [2.24, 2.45) is 0 Å². The van der Waals surface area contributed by atoms with Crippen LogP contribution in [-0.2, 0) is 27.9 Å². The Hall–Kier alpha value is -2.12. The minimum atomic E-state index is -3.48. The number of hydrogen-bond donors (Lipinski definition) is 1. The molecule has 22 heavy (non-hydrogen) atoms. The van der Waals surface area contributed by atoms with Gasteiger partial charge in [-0.15, -0.1) is 0 Å². The number of furan rings is 1. The Morgan fingerprint density at radius 2 is 1.91 bits per heavy atom. The Bertz CT molecular complexity index is 696. The summed E-state index contributed by atoms with van der Waals surface area (Å²) < 4.78 is 29.9. The van der Waals surface area contributed by atoms with Crippen LogP contribution >= 0.6 is 0 Å². The van der Waals surface area contributed by atoms with Gasteiger partial charge in [0.05, 0.1) is 25.6 Å². The van der Waals surface area contributed by atoms with Crippen molar-refractivity contribution in [3.63, 3.8) is 0 Å². The van der Waals surface area contributed by atoms with Crippen LogP contribution in [0.3, 0.4) is 0 Å². The summed E-state index contributed by atoms with van der Waals surface area (Å²) in [6.45, 7) is 0.164. The van der Waals surface area contributed by atoms with Crippen molar-refractivity contribution in [3.05, 3.63) is 60.1 Å². The average molecular weight is 322 g/mol. The van der Waals surface area contributed by atoms with E-state index in [9.17, 15) is 13.2 Å². The number of benzene rings is 1. The van der Waals surface area contributed by atoms with E-state index in [4.69, 9.17) is 4.42 Å². The molecule has 0 saturated heterocycles. The molecule has 0 aliphatic heterocycles. The number of sulfonamides is 1. The fourth-order valence-corrected chi connectivity index (χ4v) is 2.63. The Kier molecular flexibility index (Phi) is 5.35. The van der Waals surface area contributed by atoms with Crippen LogP contribution in [0.25, 0.3) is 0 Å². The van der Waals surface area contributed by atoms with Gasteiger partial charge in [0.2, 0.25) is 15.9 Å². The first-order valence-electron chi connectivity index (χ1n) is 6.73. The molecule has 6 nitrogen and oxygen atoms in total. The smallest absolute Gasteiger partial charge is 0.235 e. The van der Waals surface area contributed by atoms with E-state index in [0.29, 0.717) is 5.76 Å². The highest BCUT2D eigenvalue weighted by Gasteiger charge is 2.20. The zero-order valence-electron chi connectivity index (χ0n) is 12.2. The molecule has 0 bridgehead atoms. The maximum Gasteiger partial charge on any atom is 0.235 e. The molecule has 1 N–H and O–H groups in total. The van der Waals surface area contributed by atoms with Crippen LogP contribution in [0, 0.1) is 0 Å². The molecule has 0 saturated carbocycles. The zero-order valence-corrected chi connectivity index (χ0v) is 13.0. The minimum absolute atomic E-state index is 0.161. The molecule has 7 heteroatoms. The first-order chi connectivity index (χ1) is 10.4. The van der Waals surface area contributed by atoms with Gasteiger partial charge in [0, 0.05) is 6.54 Å². The number of amides is 1. The minimum Gasteiger partial charge on any atom is -0.467 e. The van der Waals surface area contributed by atoms with Crippen molar-refractivity contribution in [2.45, 2.75) is 13.1 Å². The quantitative estimate of drug-likeness (QED) is 0.834. The van der Waals surface area contributed by atoms with E-state index >= 15 is 0 Å². The molecule has 1 aromatic heterocycles. The van der Waals surface area contributed by atoms with E-state index in [1.807, 2.05) is 30.3 Å². The fraction of sp³-hybridized carbons (Fsp3) is 0.267. The van der Waals surface area contributed by atoms with Gasteiger partial charge in [-0.05, 0) is 17.7 Å². The molecular formula is C15H18N2O4S. The maximum atomic E-state index is 11.9. The molecule has 0 spiro atoms. The van der Waals surface area contributed by atoms with Crippen molar-refractivity contribution < 1.29 is 17.6 Å². The lowest BCUT2D eigenvalue weighted by molar-refractivity contribution is -0.121. The summed E-state index contributed by atoms with van der Waals surface area (Å²) in [6, 6.07) is 12.6. The lowest BCUT2D eigenvalue weighted by Gasteiger charge is -2.19. The normalized spacial score (nSPS) is 11.5. The average Bonchev–Trinajstić information content (AvgIpc) is 2.98. The van der Waals surface area contributed by atoms with E-state index in [-0.39, 0.29) is 25.5 Å². The summed E-state index contributed by atoms with van der Waals surface area (Å²) in [5.41, 5.74) is 0.826. The van der Waals surface area contributed by atoms with Crippen LogP contribution in [0.4, 0.5) is 0 Å². The predicted octanol–water partition coefficient (Wildman–Crippen LogP) is 1.36. The van der Waals surface area contributed by atoms with Gasteiger partial charge in [0.1, 0.15) is 5.76 Å². The topological polar surface area (TPSA) is 79.6 Å². The third kappa shape index (κ3) is 5.01. The third-order valence-electron chi connectivity index (χ3n) is 3.03. The lowest BCUT2D eigenvalue weighted by Crippen LogP contribution is -2.39. The van der Waals surface area contributed by atoms with Gasteiger partial charge in [-0.1, -0.05) is 30.3 Å². The SMILES string of the molecule is CS(=O)(=O)N(CC(=O)NCc1ccco1)Cc1ccccc1. The number of nitrogens with zero attached hydrogens (tertiary/aromatic N) is 1. The van der Waals surface area contributed by atoms with Gasteiger partial charge >= 0.3 is 0 Å². The highest BCUT2D eigenvalue weighted by atomic mass is 32.2. The highest BCUT2D eigenvalue weighted by Crippen LogP contribution is 2.08. The summed E-state index contributed by atoms with van der Waals surface area (Å²) in [5.74, 6) is 0.236. The van der Waals surface area contributed by atoms with Crippen molar-refractivity contribution in [1.29, 1.82) is 0 Å². The third-order valence-corrected chi connectivity index (χ3v) is 4.23. The van der Waals surface area contributed by atoms with Gasteiger partial charge in [0.15, 0.2) is 0 Å². The lowest BCUT2D eigenvalue weighted by atomic mass is 10.2. The molecule has 1 heterocycles. The molecule has 2 rings (SSSR count). The van der Waals surface area contributed by atoms with Gasteiger partial charge in [-0.3, -0.25) is 4.79 Å². The first kappa shape index (κ1) is 16.3. The second kappa shape index (κ2) is 7.24. The van der Waals surface area contributed by atoms with Crippen molar-refractivity contribution in [2.75, 3.05) is 12.8 Å². The molecule has 0 radical (unpaired) electrons. The number of carbonyl (C=O) groups excluding carboxylic acids is 1. The standard InChI is InChI=1S/C15H18N2O4S/c1-22(19,20)17(11-13-6-3-2-4-7-13)12-15(18)16-10-14-8-5-9-21-14/h2-9H,10-12H2,1H3,(H,16,18). The summed E-state index contributed by atoms with van der Waals surface area (Å²) in [5, 5.41) is 2.63. The molecule has 1 amide bonds. The van der Waals surface area contributed by atoms with Crippen LogP contribution in [0.1, 0.15) is 11.3 Å². The molecule has 1 aromatic carbocycles. The predicted molar refractivity (Wildman–Crippen MR) is 82.3 cm³/mol. The van der Waals surface area contributed by atoms with Crippen molar-refractivity contribution >= 4 is 15.9 Å². The Morgan fingerprint density at radius 3 is 2.50 bits per heavy atom. The second-order valence-corrected chi connectivity index (χ2v) is 6.86. The molecule has 0 aliphatic carbocycles. The van der Waals surface area contributed by atoms with E-state index in [2.05, 4.69) is 5.32 Å². The van der Waals surface area contributed by atoms with Gasteiger partial charge in [0.25, 0.3) is 0 Å². The number of hydrogen-bond acceptors (Lipinski definition) is 4. The van der Waals surface area contributed by atoms with Crippen LogP contribution in [-0.4, -0.2) is 31.4 Å². The molecule has 0 aliphatic rings. The van der Waals surface area contributed by atoms with Gasteiger partial charge in [-0.2, -0.15) is 4.31 Å². The monoisotopic (exact) mass is 322 g/mol. The van der Waals surface area contributed by atoms with Gasteiger partial charge < -0.3 is 9.73 Å². The molecule has 2 aromatic rings. The number of nitrogens with one attached hydrogen (secondary N) is 1. The van der Waals surface area contributed by atoms with E-state index in [1.54, 1.807) is 12.1 Å². The van der Waals surface area contributed by atoms with Gasteiger partial charge in [-0.25, -0.2) is 8.42 Å². The van der Waals surface area contributed by atoms with E-state index in [0.717, 1.165) is 16.1 Å². The summed E-state index contributed by atoms with van der Waals surface area (Å²) in [6.07, 6.45) is 2.61. The molecule has 0 fully saturated rings. The maximum absolute atomic E-state index is 11.9.